The van der Waals surface area contributed by atoms with Crippen molar-refractivity contribution in [2.45, 2.75) is 13.0 Å². The molecule has 2 N–H and O–H groups in total. The van der Waals surface area contributed by atoms with Crippen molar-refractivity contribution in [1.29, 1.82) is 0 Å². The van der Waals surface area contributed by atoms with Gasteiger partial charge in [0, 0.05) is 5.75 Å². The zero-order chi connectivity index (χ0) is 11.1. The number of amides is 1. The maximum absolute atomic E-state index is 11.0. The first kappa shape index (κ1) is 12.8. The van der Waals surface area contributed by atoms with E-state index in [0.717, 1.165) is 0 Å². The molecule has 0 unspecified atom stereocenters. The summed E-state index contributed by atoms with van der Waals surface area (Å²) in [5, 5.41) is 10.9. The van der Waals surface area contributed by atoms with Crippen LogP contribution in [0.15, 0.2) is 12.3 Å². The molecule has 0 spiro atoms. The lowest BCUT2D eigenvalue weighted by molar-refractivity contribution is -0.138. The number of carbonyl (C=O) groups excluding carboxylic acids is 1. The fraction of sp³-hybridized carbons (Fsp3) is 0.500. The topological polar surface area (TPSA) is 75.6 Å². The Bertz CT molecular complexity index is 241. The van der Waals surface area contributed by atoms with Crippen molar-refractivity contribution >= 4 is 23.8 Å². The normalized spacial score (nSPS) is 11.6. The molecule has 0 saturated carbocycles. The highest BCUT2D eigenvalue weighted by atomic mass is 32.2. The highest BCUT2D eigenvalue weighted by Crippen LogP contribution is 1.99. The standard InChI is InChI=1S/C8H13NO4S/c1-5(2)13-8(12)9-6(4-14-3)7(10)11/h6H,1,4H2,2-3H3,(H,9,12)(H,10,11)/t6-/m0/s1. The molecule has 5 nitrogen and oxygen atoms in total. The maximum atomic E-state index is 11.0. The Hall–Kier alpha value is -1.17. The Kier molecular flexibility index (Phi) is 5.78. The number of aliphatic carboxylic acids is 1. The van der Waals surface area contributed by atoms with Crippen molar-refractivity contribution in [3.05, 3.63) is 12.3 Å². The van der Waals surface area contributed by atoms with E-state index in [1.165, 1.54) is 18.7 Å². The summed E-state index contributed by atoms with van der Waals surface area (Å²) in [4.78, 5) is 21.6. The molecule has 0 aromatic rings. The summed E-state index contributed by atoms with van der Waals surface area (Å²) in [6.45, 7) is 4.86. The minimum Gasteiger partial charge on any atom is -0.480 e. The van der Waals surface area contributed by atoms with Crippen LogP contribution >= 0.6 is 11.8 Å². The molecule has 6 heteroatoms. The van der Waals surface area contributed by atoms with Gasteiger partial charge in [0.15, 0.2) is 0 Å². The average molecular weight is 219 g/mol. The SMILES string of the molecule is C=C(C)OC(=O)N[C@@H](CSC)C(=O)O. The second kappa shape index (κ2) is 6.31. The van der Waals surface area contributed by atoms with E-state index in [-0.39, 0.29) is 5.76 Å². The zero-order valence-corrected chi connectivity index (χ0v) is 8.89. The monoisotopic (exact) mass is 219 g/mol. The van der Waals surface area contributed by atoms with Gasteiger partial charge in [-0.2, -0.15) is 11.8 Å². The molecule has 0 aliphatic heterocycles. The van der Waals surface area contributed by atoms with Crippen LogP contribution in [0, 0.1) is 0 Å². The number of ether oxygens (including phenoxy) is 1. The second-order valence-electron chi connectivity index (χ2n) is 2.58. The molecule has 0 heterocycles. The van der Waals surface area contributed by atoms with Gasteiger partial charge in [0.1, 0.15) is 6.04 Å². The van der Waals surface area contributed by atoms with Crippen molar-refractivity contribution in [1.82, 2.24) is 5.32 Å². The number of hydrogen-bond acceptors (Lipinski definition) is 4. The molecule has 1 amide bonds. The quantitative estimate of drug-likeness (QED) is 0.676. The van der Waals surface area contributed by atoms with Crippen LogP contribution in [0.25, 0.3) is 0 Å². The highest BCUT2D eigenvalue weighted by molar-refractivity contribution is 7.98. The van der Waals surface area contributed by atoms with Gasteiger partial charge in [0.05, 0.1) is 5.76 Å². The number of allylic oxidation sites excluding steroid dienone is 1. The van der Waals surface area contributed by atoms with Gasteiger partial charge in [0.25, 0.3) is 0 Å². The van der Waals surface area contributed by atoms with E-state index in [4.69, 9.17) is 5.11 Å². The van der Waals surface area contributed by atoms with Gasteiger partial charge in [-0.3, -0.25) is 0 Å². The molecule has 0 aromatic heterocycles. The number of thioether (sulfide) groups is 1. The number of rotatable bonds is 5. The fourth-order valence-corrected chi connectivity index (χ4v) is 1.23. The van der Waals surface area contributed by atoms with Crippen LogP contribution in [-0.4, -0.2) is 35.2 Å². The number of carbonyl (C=O) groups is 2. The maximum Gasteiger partial charge on any atom is 0.412 e. The molecule has 0 aliphatic carbocycles. The smallest absolute Gasteiger partial charge is 0.412 e. The third-order valence-corrected chi connectivity index (χ3v) is 1.86. The van der Waals surface area contributed by atoms with E-state index in [1.807, 2.05) is 0 Å². The molecule has 14 heavy (non-hydrogen) atoms. The summed E-state index contributed by atoms with van der Waals surface area (Å²) in [6.07, 6.45) is 0.959. The van der Waals surface area contributed by atoms with E-state index in [2.05, 4.69) is 16.6 Å². The van der Waals surface area contributed by atoms with E-state index < -0.39 is 18.1 Å². The molecule has 0 saturated heterocycles. The summed E-state index contributed by atoms with van der Waals surface area (Å²) in [6, 6.07) is -0.933. The van der Waals surface area contributed by atoms with Gasteiger partial charge >= 0.3 is 12.1 Å². The lowest BCUT2D eigenvalue weighted by Crippen LogP contribution is -2.42. The number of nitrogens with one attached hydrogen (secondary N) is 1. The predicted molar refractivity (Wildman–Crippen MR) is 54.2 cm³/mol. The van der Waals surface area contributed by atoms with Crippen molar-refractivity contribution < 1.29 is 19.4 Å². The summed E-state index contributed by atoms with van der Waals surface area (Å²) < 4.78 is 4.56. The van der Waals surface area contributed by atoms with Crippen molar-refractivity contribution in [2.75, 3.05) is 12.0 Å². The Labute approximate surface area is 86.5 Å². The number of hydrogen-bond donors (Lipinski definition) is 2. The first-order valence-corrected chi connectivity index (χ1v) is 5.22. The zero-order valence-electron chi connectivity index (χ0n) is 8.07. The van der Waals surface area contributed by atoms with Crippen LogP contribution in [-0.2, 0) is 9.53 Å². The third-order valence-electron chi connectivity index (χ3n) is 1.19. The van der Waals surface area contributed by atoms with Crippen molar-refractivity contribution in [3.8, 4) is 0 Å². The van der Waals surface area contributed by atoms with E-state index >= 15 is 0 Å². The predicted octanol–water partition coefficient (Wildman–Crippen LogP) is 1.06. The second-order valence-corrected chi connectivity index (χ2v) is 3.49. The lowest BCUT2D eigenvalue weighted by Gasteiger charge is -2.12. The lowest BCUT2D eigenvalue weighted by atomic mass is 10.3. The average Bonchev–Trinajstić information content (AvgIpc) is 2.01. The highest BCUT2D eigenvalue weighted by Gasteiger charge is 2.19. The first-order valence-electron chi connectivity index (χ1n) is 3.83. The van der Waals surface area contributed by atoms with E-state index in [1.54, 1.807) is 6.26 Å². The molecule has 80 valence electrons. The molecule has 0 radical (unpaired) electrons. The van der Waals surface area contributed by atoms with Crippen LogP contribution in [0.5, 0.6) is 0 Å². The third kappa shape index (κ3) is 5.47. The van der Waals surface area contributed by atoms with Gasteiger partial charge in [-0.1, -0.05) is 6.58 Å². The van der Waals surface area contributed by atoms with Gasteiger partial charge in [-0.25, -0.2) is 9.59 Å². The van der Waals surface area contributed by atoms with Crippen LogP contribution in [0.2, 0.25) is 0 Å². The van der Waals surface area contributed by atoms with Gasteiger partial charge in [-0.05, 0) is 13.2 Å². The van der Waals surface area contributed by atoms with Crippen molar-refractivity contribution in [3.63, 3.8) is 0 Å². The molecular weight excluding hydrogens is 206 g/mol. The molecule has 1 atom stereocenters. The van der Waals surface area contributed by atoms with Crippen LogP contribution < -0.4 is 5.32 Å². The number of carboxylic acid groups (broad SMARTS) is 1. The number of alkyl carbamates (subject to hydrolysis) is 1. The number of carboxylic acids is 1. The van der Waals surface area contributed by atoms with Crippen LogP contribution in [0.3, 0.4) is 0 Å². The van der Waals surface area contributed by atoms with Gasteiger partial charge in [-0.15, -0.1) is 0 Å². The molecule has 0 aliphatic rings. The molecule has 0 aromatic carbocycles. The minimum atomic E-state index is -1.09. The minimum absolute atomic E-state index is 0.218. The Morgan fingerprint density at radius 3 is 2.57 bits per heavy atom. The molecule has 0 bridgehead atoms. The van der Waals surface area contributed by atoms with E-state index in [0.29, 0.717) is 5.75 Å². The largest absolute Gasteiger partial charge is 0.480 e. The first-order chi connectivity index (χ1) is 6.47. The molecular formula is C8H13NO4S. The van der Waals surface area contributed by atoms with Crippen molar-refractivity contribution in [2.24, 2.45) is 0 Å². The van der Waals surface area contributed by atoms with Gasteiger partial charge in [0.2, 0.25) is 0 Å². The summed E-state index contributed by atoms with van der Waals surface area (Å²) in [5.74, 6) is -0.575. The fourth-order valence-electron chi connectivity index (χ4n) is 0.671. The molecule has 0 rings (SSSR count). The summed E-state index contributed by atoms with van der Waals surface area (Å²) in [7, 11) is 0. The van der Waals surface area contributed by atoms with E-state index in [9.17, 15) is 9.59 Å². The van der Waals surface area contributed by atoms with Crippen LogP contribution in [0.4, 0.5) is 4.79 Å². The Morgan fingerprint density at radius 1 is 1.64 bits per heavy atom. The molecule has 0 fully saturated rings. The summed E-state index contributed by atoms with van der Waals surface area (Å²) in [5.41, 5.74) is 0. The van der Waals surface area contributed by atoms with Gasteiger partial charge < -0.3 is 15.2 Å². The summed E-state index contributed by atoms with van der Waals surface area (Å²) >= 11 is 1.33. The van der Waals surface area contributed by atoms with Crippen LogP contribution in [0.1, 0.15) is 6.92 Å². The Morgan fingerprint density at radius 2 is 2.21 bits per heavy atom. The Balaban J connectivity index is 4.09.